The number of nitrogens with two attached hydrogens (primary N) is 1. The van der Waals surface area contributed by atoms with E-state index < -0.39 is 0 Å². The highest BCUT2D eigenvalue weighted by Crippen LogP contribution is 2.19. The quantitative estimate of drug-likeness (QED) is 0.587. The average molecular weight is 215 g/mol. The molecule has 2 rings (SSSR count). The third kappa shape index (κ3) is 1.74. The number of rotatable bonds is 0. The Morgan fingerprint density at radius 1 is 1.36 bits per heavy atom. The van der Waals surface area contributed by atoms with Gasteiger partial charge in [0.25, 0.3) is 0 Å². The van der Waals surface area contributed by atoms with Crippen LogP contribution in [0.15, 0.2) is 22.7 Å². The van der Waals surface area contributed by atoms with Gasteiger partial charge in [-0.05, 0) is 6.08 Å². The smallest absolute Gasteiger partial charge is 0.109 e. The minimum absolute atomic E-state index is 0.696. The predicted octanol–water partition coefficient (Wildman–Crippen LogP) is 1.32. The fourth-order valence-electron chi connectivity index (χ4n) is 1.86. The van der Waals surface area contributed by atoms with Gasteiger partial charge in [-0.15, -0.1) is 0 Å². The van der Waals surface area contributed by atoms with Gasteiger partial charge in [0.15, 0.2) is 0 Å². The molecule has 0 saturated heterocycles. The van der Waals surface area contributed by atoms with Gasteiger partial charge in [0.2, 0.25) is 0 Å². The summed E-state index contributed by atoms with van der Waals surface area (Å²) in [4.78, 5) is 0. The van der Waals surface area contributed by atoms with Crippen LogP contribution in [0.5, 0.6) is 0 Å². The topological polar surface area (TPSA) is 16.6 Å². The maximum atomic E-state index is 3.59. The highest BCUT2D eigenvalue weighted by atomic mass is 79.9. The number of hydrogen-bond donors (Lipinski definition) is 1. The molecule has 1 nitrogen and oxygen atoms in total. The van der Waals surface area contributed by atoms with Crippen molar-refractivity contribution in [1.29, 1.82) is 0 Å². The van der Waals surface area contributed by atoms with Crippen LogP contribution in [0.25, 0.3) is 0 Å². The fraction of sp³-hybridized carbons (Fsp3) is 0.556. The Hall–Kier alpha value is -0.0800. The Bertz CT molecular complexity index is 208. The van der Waals surface area contributed by atoms with E-state index in [0.29, 0.717) is 6.04 Å². The van der Waals surface area contributed by atoms with Gasteiger partial charge < -0.3 is 5.32 Å². The van der Waals surface area contributed by atoms with Crippen LogP contribution >= 0.6 is 15.9 Å². The molecule has 2 atom stereocenters. The van der Waals surface area contributed by atoms with Crippen molar-refractivity contribution in [3.63, 3.8) is 0 Å². The van der Waals surface area contributed by atoms with E-state index in [-0.39, 0.29) is 0 Å². The number of quaternary nitrogens is 1. The summed E-state index contributed by atoms with van der Waals surface area (Å²) in [5.41, 5.74) is 0. The minimum Gasteiger partial charge on any atom is -0.337 e. The molecule has 11 heavy (non-hydrogen) atoms. The van der Waals surface area contributed by atoms with E-state index in [1.165, 1.54) is 23.7 Å². The molecule has 0 amide bonds. The highest BCUT2D eigenvalue weighted by molar-refractivity contribution is 9.11. The third-order valence-electron chi connectivity index (χ3n) is 2.39. The fourth-order valence-corrected chi connectivity index (χ4v) is 2.61. The maximum Gasteiger partial charge on any atom is 0.109 e. The lowest BCUT2D eigenvalue weighted by atomic mass is 10.0. The van der Waals surface area contributed by atoms with Crippen LogP contribution in [0.1, 0.15) is 19.3 Å². The van der Waals surface area contributed by atoms with E-state index in [1.807, 2.05) is 0 Å². The normalized spacial score (nSPS) is 36.3. The Balaban J connectivity index is 2.17. The first kappa shape index (κ1) is 7.56. The Kier molecular flexibility index (Phi) is 2.14. The zero-order valence-electron chi connectivity index (χ0n) is 6.46. The molecule has 0 fully saturated rings. The lowest BCUT2D eigenvalue weighted by molar-refractivity contribution is -0.712. The molecule has 2 aliphatic rings. The molecule has 2 bridgehead atoms. The molecule has 0 radical (unpaired) electrons. The van der Waals surface area contributed by atoms with E-state index in [4.69, 9.17) is 0 Å². The Labute approximate surface area is 75.7 Å². The predicted molar refractivity (Wildman–Crippen MR) is 49.5 cm³/mol. The standard InChI is InChI=1S/C9H12BrN/c10-7-5-8-3-1-2-4-9(6-7)11-8/h1-2,5,8-9,11H,3-4,6H2/p+1/t8-,9+/m0/s1. The first-order valence-electron chi connectivity index (χ1n) is 4.21. The number of fused-ring (bicyclic) bond motifs is 2. The lowest BCUT2D eigenvalue weighted by Gasteiger charge is -2.21. The SMILES string of the molecule is BrC1=C[C@@H]2CC=CC[C@H](C1)[NH2+]2. The van der Waals surface area contributed by atoms with E-state index in [2.05, 4.69) is 39.5 Å². The third-order valence-corrected chi connectivity index (χ3v) is 2.97. The van der Waals surface area contributed by atoms with E-state index in [0.717, 1.165) is 6.04 Å². The molecule has 2 aliphatic heterocycles. The first-order chi connectivity index (χ1) is 5.34. The van der Waals surface area contributed by atoms with Gasteiger partial charge in [0, 0.05) is 23.7 Å². The van der Waals surface area contributed by atoms with Crippen molar-refractivity contribution >= 4 is 15.9 Å². The second-order valence-electron chi connectivity index (χ2n) is 3.38. The maximum absolute atomic E-state index is 3.59. The van der Waals surface area contributed by atoms with Crippen LogP contribution in [-0.2, 0) is 0 Å². The van der Waals surface area contributed by atoms with Gasteiger partial charge in [-0.25, -0.2) is 0 Å². The molecule has 0 aromatic rings. The van der Waals surface area contributed by atoms with E-state index in [9.17, 15) is 0 Å². The monoisotopic (exact) mass is 214 g/mol. The van der Waals surface area contributed by atoms with Crippen molar-refractivity contribution < 1.29 is 5.32 Å². The molecule has 0 aromatic carbocycles. The van der Waals surface area contributed by atoms with Gasteiger partial charge in [-0.1, -0.05) is 28.1 Å². The highest BCUT2D eigenvalue weighted by Gasteiger charge is 2.24. The van der Waals surface area contributed by atoms with Crippen LogP contribution in [0, 0.1) is 0 Å². The number of halogens is 1. The molecule has 0 unspecified atom stereocenters. The van der Waals surface area contributed by atoms with Gasteiger partial charge in [-0.2, -0.15) is 0 Å². The molecule has 0 spiro atoms. The second-order valence-corrected chi connectivity index (χ2v) is 4.40. The van der Waals surface area contributed by atoms with Crippen molar-refractivity contribution in [3.8, 4) is 0 Å². The van der Waals surface area contributed by atoms with Crippen LogP contribution in [0.2, 0.25) is 0 Å². The van der Waals surface area contributed by atoms with Crippen molar-refractivity contribution in [2.75, 3.05) is 0 Å². The molecule has 60 valence electrons. The van der Waals surface area contributed by atoms with Crippen LogP contribution in [-0.4, -0.2) is 12.1 Å². The van der Waals surface area contributed by atoms with Gasteiger partial charge in [-0.3, -0.25) is 0 Å². The number of hydrogen-bond acceptors (Lipinski definition) is 0. The van der Waals surface area contributed by atoms with E-state index in [1.54, 1.807) is 0 Å². The Morgan fingerprint density at radius 2 is 2.18 bits per heavy atom. The van der Waals surface area contributed by atoms with Gasteiger partial charge in [0.1, 0.15) is 6.04 Å². The summed E-state index contributed by atoms with van der Waals surface area (Å²) in [6, 6.07) is 1.49. The van der Waals surface area contributed by atoms with Gasteiger partial charge >= 0.3 is 0 Å². The lowest BCUT2D eigenvalue weighted by Crippen LogP contribution is -2.95. The summed E-state index contributed by atoms with van der Waals surface area (Å²) in [5, 5.41) is 2.49. The first-order valence-corrected chi connectivity index (χ1v) is 5.00. The minimum atomic E-state index is 0.696. The molecule has 0 aromatic heterocycles. The molecular formula is C9H13BrN+. The molecule has 0 aliphatic carbocycles. The summed E-state index contributed by atoms with van der Waals surface area (Å²) in [7, 11) is 0. The van der Waals surface area contributed by atoms with Gasteiger partial charge in [0.05, 0.1) is 6.04 Å². The summed E-state index contributed by atoms with van der Waals surface area (Å²) in [6.45, 7) is 0. The van der Waals surface area contributed by atoms with Crippen molar-refractivity contribution in [2.24, 2.45) is 0 Å². The Morgan fingerprint density at radius 3 is 3.09 bits per heavy atom. The van der Waals surface area contributed by atoms with Crippen LogP contribution in [0.4, 0.5) is 0 Å². The zero-order valence-corrected chi connectivity index (χ0v) is 8.05. The van der Waals surface area contributed by atoms with Crippen molar-refractivity contribution in [3.05, 3.63) is 22.7 Å². The summed E-state index contributed by atoms with van der Waals surface area (Å²) in [6.07, 6.45) is 10.6. The zero-order chi connectivity index (χ0) is 7.68. The summed E-state index contributed by atoms with van der Waals surface area (Å²) in [5.74, 6) is 0. The molecule has 2 N–H and O–H groups in total. The molecule has 2 heterocycles. The summed E-state index contributed by atoms with van der Waals surface area (Å²) >= 11 is 3.59. The largest absolute Gasteiger partial charge is 0.337 e. The second kappa shape index (κ2) is 3.11. The molecule has 2 heteroatoms. The van der Waals surface area contributed by atoms with Crippen LogP contribution < -0.4 is 5.32 Å². The summed E-state index contributed by atoms with van der Waals surface area (Å²) < 4.78 is 1.40. The van der Waals surface area contributed by atoms with Crippen molar-refractivity contribution in [2.45, 2.75) is 31.3 Å². The van der Waals surface area contributed by atoms with Crippen LogP contribution in [0.3, 0.4) is 0 Å². The van der Waals surface area contributed by atoms with E-state index >= 15 is 0 Å². The molecular weight excluding hydrogens is 202 g/mol. The molecule has 0 saturated carbocycles. The average Bonchev–Trinajstić information content (AvgIpc) is 2.11. The van der Waals surface area contributed by atoms with Crippen molar-refractivity contribution in [1.82, 2.24) is 0 Å².